The maximum Gasteiger partial charge on any atom is 0.333 e. The zero-order valence-corrected chi connectivity index (χ0v) is 10.6. The monoisotopic (exact) mass is 246 g/mol. The van der Waals surface area contributed by atoms with Crippen molar-refractivity contribution in [2.75, 3.05) is 39.6 Å². The Balaban J connectivity index is 3.21. The standard InChI is InChI=1S/C12H22O5/c1-3-11(2)12(14)17-7-4-6-15-9-10-16-8-5-13/h3,13H,4-10H2,1-2H3. The summed E-state index contributed by atoms with van der Waals surface area (Å²) in [6.07, 6.45) is 2.39. The van der Waals surface area contributed by atoms with Crippen molar-refractivity contribution in [3.05, 3.63) is 11.6 Å². The van der Waals surface area contributed by atoms with Gasteiger partial charge in [0, 0.05) is 18.6 Å². The first-order valence-corrected chi connectivity index (χ1v) is 5.78. The fourth-order valence-electron chi connectivity index (χ4n) is 0.944. The minimum Gasteiger partial charge on any atom is -0.462 e. The van der Waals surface area contributed by atoms with Crippen LogP contribution < -0.4 is 0 Å². The van der Waals surface area contributed by atoms with E-state index < -0.39 is 0 Å². The first-order valence-electron chi connectivity index (χ1n) is 5.78. The number of aliphatic hydroxyl groups excluding tert-OH is 1. The number of carbonyl (C=O) groups excluding carboxylic acids is 1. The van der Waals surface area contributed by atoms with E-state index in [1.807, 2.05) is 0 Å². The molecule has 0 aliphatic rings. The van der Waals surface area contributed by atoms with E-state index in [1.165, 1.54) is 0 Å². The molecule has 0 atom stereocenters. The van der Waals surface area contributed by atoms with E-state index in [4.69, 9.17) is 19.3 Å². The van der Waals surface area contributed by atoms with Crippen LogP contribution in [0.5, 0.6) is 0 Å². The molecule has 0 aromatic carbocycles. The molecule has 17 heavy (non-hydrogen) atoms. The average molecular weight is 246 g/mol. The highest BCUT2D eigenvalue weighted by Crippen LogP contribution is 1.96. The van der Waals surface area contributed by atoms with Crippen LogP contribution in [0.1, 0.15) is 20.3 Å². The van der Waals surface area contributed by atoms with Gasteiger partial charge in [-0.15, -0.1) is 0 Å². The fraction of sp³-hybridized carbons (Fsp3) is 0.750. The van der Waals surface area contributed by atoms with Gasteiger partial charge >= 0.3 is 5.97 Å². The Labute approximate surface area is 102 Å². The number of aliphatic hydroxyl groups is 1. The van der Waals surface area contributed by atoms with Crippen LogP contribution in [-0.4, -0.2) is 50.7 Å². The number of esters is 1. The van der Waals surface area contributed by atoms with Crippen molar-refractivity contribution in [2.45, 2.75) is 20.3 Å². The summed E-state index contributed by atoms with van der Waals surface area (Å²) in [6.45, 7) is 5.74. The molecule has 0 bridgehead atoms. The number of hydrogen-bond donors (Lipinski definition) is 1. The average Bonchev–Trinajstić information content (AvgIpc) is 2.35. The summed E-state index contributed by atoms with van der Waals surface area (Å²) in [5.74, 6) is -0.279. The van der Waals surface area contributed by atoms with Crippen LogP contribution >= 0.6 is 0 Å². The summed E-state index contributed by atoms with van der Waals surface area (Å²) in [6, 6.07) is 0. The van der Waals surface area contributed by atoms with Gasteiger partial charge < -0.3 is 19.3 Å². The maximum absolute atomic E-state index is 11.2. The second-order valence-electron chi connectivity index (χ2n) is 3.41. The van der Waals surface area contributed by atoms with E-state index in [-0.39, 0.29) is 12.6 Å². The predicted octanol–water partition coefficient (Wildman–Crippen LogP) is 0.911. The molecule has 100 valence electrons. The molecule has 0 aromatic rings. The van der Waals surface area contributed by atoms with E-state index in [2.05, 4.69) is 0 Å². The Morgan fingerprint density at radius 2 is 1.76 bits per heavy atom. The normalized spacial score (nSPS) is 11.6. The third-order valence-corrected chi connectivity index (χ3v) is 2.03. The molecule has 5 heteroatoms. The molecule has 0 saturated heterocycles. The fourth-order valence-corrected chi connectivity index (χ4v) is 0.944. The van der Waals surface area contributed by atoms with Crippen LogP contribution in [-0.2, 0) is 19.0 Å². The summed E-state index contributed by atoms with van der Waals surface area (Å²) in [5, 5.41) is 8.44. The molecule has 0 aliphatic carbocycles. The van der Waals surface area contributed by atoms with E-state index in [0.29, 0.717) is 45.0 Å². The van der Waals surface area contributed by atoms with Gasteiger partial charge in [-0.25, -0.2) is 4.79 Å². The summed E-state index contributed by atoms with van der Waals surface area (Å²) in [7, 11) is 0. The Morgan fingerprint density at radius 3 is 2.35 bits per heavy atom. The van der Waals surface area contributed by atoms with Gasteiger partial charge in [-0.2, -0.15) is 0 Å². The first kappa shape index (κ1) is 16.1. The lowest BCUT2D eigenvalue weighted by Crippen LogP contribution is -2.11. The lowest BCUT2D eigenvalue weighted by molar-refractivity contribution is -0.139. The largest absolute Gasteiger partial charge is 0.462 e. The van der Waals surface area contributed by atoms with E-state index in [1.54, 1.807) is 19.9 Å². The van der Waals surface area contributed by atoms with Crippen molar-refractivity contribution in [3.8, 4) is 0 Å². The number of carbonyl (C=O) groups is 1. The number of allylic oxidation sites excluding steroid dienone is 1. The van der Waals surface area contributed by atoms with E-state index >= 15 is 0 Å². The van der Waals surface area contributed by atoms with Gasteiger partial charge in [-0.3, -0.25) is 0 Å². The summed E-state index contributed by atoms with van der Waals surface area (Å²) < 4.78 is 15.2. The van der Waals surface area contributed by atoms with E-state index in [9.17, 15) is 4.79 Å². The molecule has 0 aliphatic heterocycles. The highest BCUT2D eigenvalue weighted by atomic mass is 16.5. The van der Waals surface area contributed by atoms with Crippen LogP contribution in [0.3, 0.4) is 0 Å². The van der Waals surface area contributed by atoms with Crippen LogP contribution in [0.15, 0.2) is 11.6 Å². The third-order valence-electron chi connectivity index (χ3n) is 2.03. The molecule has 0 radical (unpaired) electrons. The zero-order chi connectivity index (χ0) is 12.9. The SMILES string of the molecule is CC=C(C)C(=O)OCCCOCCOCCO. The first-order chi connectivity index (χ1) is 8.22. The third kappa shape index (κ3) is 9.99. The molecule has 0 spiro atoms. The molecule has 0 heterocycles. The van der Waals surface area contributed by atoms with E-state index in [0.717, 1.165) is 0 Å². The Kier molecular flexibility index (Phi) is 11.0. The molecule has 5 nitrogen and oxygen atoms in total. The molecule has 1 N–H and O–H groups in total. The molecule has 0 unspecified atom stereocenters. The minimum absolute atomic E-state index is 0.0280. The smallest absolute Gasteiger partial charge is 0.333 e. The molecule has 0 aromatic heterocycles. The molecule has 0 amide bonds. The quantitative estimate of drug-likeness (QED) is 0.352. The van der Waals surface area contributed by atoms with Crippen molar-refractivity contribution < 1.29 is 24.1 Å². The highest BCUT2D eigenvalue weighted by molar-refractivity contribution is 5.87. The summed E-state index contributed by atoms with van der Waals surface area (Å²) in [4.78, 5) is 11.2. The molecule has 0 fully saturated rings. The molecule has 0 rings (SSSR count). The van der Waals surface area contributed by atoms with Gasteiger partial charge in [0.25, 0.3) is 0 Å². The lowest BCUT2D eigenvalue weighted by Gasteiger charge is -2.06. The van der Waals surface area contributed by atoms with Gasteiger partial charge in [-0.05, 0) is 13.8 Å². The van der Waals surface area contributed by atoms with Crippen LogP contribution in [0, 0.1) is 0 Å². The van der Waals surface area contributed by atoms with Crippen molar-refractivity contribution in [2.24, 2.45) is 0 Å². The number of ether oxygens (including phenoxy) is 3. The van der Waals surface area contributed by atoms with Crippen molar-refractivity contribution in [1.82, 2.24) is 0 Å². The number of rotatable bonds is 10. The van der Waals surface area contributed by atoms with Crippen LogP contribution in [0.25, 0.3) is 0 Å². The minimum atomic E-state index is -0.279. The predicted molar refractivity (Wildman–Crippen MR) is 63.7 cm³/mol. The number of hydrogen-bond acceptors (Lipinski definition) is 5. The maximum atomic E-state index is 11.2. The van der Waals surface area contributed by atoms with Gasteiger partial charge in [0.2, 0.25) is 0 Å². The van der Waals surface area contributed by atoms with Gasteiger partial charge in [-0.1, -0.05) is 6.08 Å². The van der Waals surface area contributed by atoms with Crippen molar-refractivity contribution in [1.29, 1.82) is 0 Å². The topological polar surface area (TPSA) is 65.0 Å². The van der Waals surface area contributed by atoms with Gasteiger partial charge in [0.15, 0.2) is 0 Å². The van der Waals surface area contributed by atoms with Crippen LogP contribution in [0.2, 0.25) is 0 Å². The second kappa shape index (κ2) is 11.6. The lowest BCUT2D eigenvalue weighted by atomic mass is 10.3. The molecular weight excluding hydrogens is 224 g/mol. The van der Waals surface area contributed by atoms with Crippen molar-refractivity contribution in [3.63, 3.8) is 0 Å². The molecule has 0 saturated carbocycles. The summed E-state index contributed by atoms with van der Waals surface area (Å²) in [5.41, 5.74) is 0.614. The van der Waals surface area contributed by atoms with Gasteiger partial charge in [0.05, 0.1) is 33.0 Å². The Hall–Kier alpha value is -0.910. The zero-order valence-electron chi connectivity index (χ0n) is 10.6. The summed E-state index contributed by atoms with van der Waals surface area (Å²) >= 11 is 0. The van der Waals surface area contributed by atoms with Gasteiger partial charge in [0.1, 0.15) is 0 Å². The molecular formula is C12H22O5. The highest BCUT2D eigenvalue weighted by Gasteiger charge is 2.03. The van der Waals surface area contributed by atoms with Crippen LogP contribution in [0.4, 0.5) is 0 Å². The second-order valence-corrected chi connectivity index (χ2v) is 3.41. The van der Waals surface area contributed by atoms with Crippen molar-refractivity contribution >= 4 is 5.97 Å². The Bertz CT molecular complexity index is 225. The Morgan fingerprint density at radius 1 is 1.12 bits per heavy atom.